The molecule has 1 unspecified atom stereocenters. The Balaban J connectivity index is 2.01. The Morgan fingerprint density at radius 3 is 1.97 bits per heavy atom. The normalized spacial score (nSPS) is 16.6. The summed E-state index contributed by atoms with van der Waals surface area (Å²) in [6.45, 7) is 4.84. The summed E-state index contributed by atoms with van der Waals surface area (Å²) in [7, 11) is 0. The summed E-state index contributed by atoms with van der Waals surface area (Å²) in [5, 5.41) is 10.8. The van der Waals surface area contributed by atoms with E-state index in [0.29, 0.717) is 11.1 Å². The first-order chi connectivity index (χ1) is 15.5. The first-order valence-corrected chi connectivity index (χ1v) is 9.92. The molecule has 0 saturated carbocycles. The van der Waals surface area contributed by atoms with Crippen LogP contribution in [0.2, 0.25) is 0 Å². The molecule has 10 heteroatoms. The van der Waals surface area contributed by atoms with E-state index in [1.165, 1.54) is 52.0 Å². The summed E-state index contributed by atoms with van der Waals surface area (Å²) in [6.07, 6.45) is -1.94. The molecule has 174 valence electrons. The summed E-state index contributed by atoms with van der Waals surface area (Å²) >= 11 is 0. The molecule has 1 N–H and O–H groups in total. The fourth-order valence-corrected chi connectivity index (χ4v) is 3.37. The molecule has 1 aliphatic heterocycles. The van der Waals surface area contributed by atoms with E-state index in [1.54, 1.807) is 6.07 Å². The van der Waals surface area contributed by atoms with E-state index >= 15 is 0 Å². The van der Waals surface area contributed by atoms with Gasteiger partial charge in [0.05, 0.1) is 6.10 Å². The minimum Gasteiger partial charge on any atom is -0.482 e. The van der Waals surface area contributed by atoms with Crippen molar-refractivity contribution in [3.8, 4) is 28.7 Å². The monoisotopic (exact) mass is 458 g/mol. The molecule has 0 bridgehead atoms. The maximum Gasteiger partial charge on any atom is 0.308 e. The third kappa shape index (κ3) is 5.86. The summed E-state index contributed by atoms with van der Waals surface area (Å²) in [5.74, 6) is -1.98. The quantitative estimate of drug-likeness (QED) is 0.526. The number of rotatable bonds is 5. The maximum atomic E-state index is 11.5. The number of hydrogen-bond acceptors (Lipinski definition) is 10. The van der Waals surface area contributed by atoms with Crippen LogP contribution in [0.25, 0.3) is 0 Å². The van der Waals surface area contributed by atoms with E-state index in [4.69, 9.17) is 23.7 Å². The minimum atomic E-state index is -1.07. The number of ether oxygens (including phenoxy) is 5. The highest BCUT2D eigenvalue weighted by Crippen LogP contribution is 2.44. The van der Waals surface area contributed by atoms with Crippen LogP contribution in [0.4, 0.5) is 0 Å². The fraction of sp³-hybridized carbons (Fsp3) is 0.304. The number of carbonyl (C=O) groups excluding carboxylic acids is 4. The number of aliphatic hydroxyl groups is 1. The van der Waals surface area contributed by atoms with Gasteiger partial charge in [-0.2, -0.15) is 0 Å². The second-order valence-corrected chi connectivity index (χ2v) is 7.29. The third-order valence-electron chi connectivity index (χ3n) is 4.48. The molecule has 10 nitrogen and oxygen atoms in total. The summed E-state index contributed by atoms with van der Waals surface area (Å²) in [4.78, 5) is 45.8. The van der Waals surface area contributed by atoms with Crippen LogP contribution >= 0.6 is 0 Å². The standard InChI is InChI=1S/C23H22O10/c1-11(24)29-16-8-20(31-13(3)26)17-10-18(28)23(33-21(17)9-16)15-5-6-19(30-12(2)25)22(7-15)32-14(4)27/h5-9,18,23,28H,10H2,1-4H3/t18-,23?/m1/s1. The van der Waals surface area contributed by atoms with Crippen molar-refractivity contribution in [3.05, 3.63) is 41.5 Å². The summed E-state index contributed by atoms with van der Waals surface area (Å²) < 4.78 is 26.5. The molecule has 0 aliphatic carbocycles. The van der Waals surface area contributed by atoms with Crippen molar-refractivity contribution < 1.29 is 48.0 Å². The lowest BCUT2D eigenvalue weighted by molar-refractivity contribution is -0.134. The fourth-order valence-electron chi connectivity index (χ4n) is 3.37. The Morgan fingerprint density at radius 2 is 1.36 bits per heavy atom. The van der Waals surface area contributed by atoms with Crippen LogP contribution in [0.3, 0.4) is 0 Å². The summed E-state index contributed by atoms with van der Waals surface area (Å²) in [5.41, 5.74) is 0.842. The third-order valence-corrected chi connectivity index (χ3v) is 4.48. The van der Waals surface area contributed by atoms with Crippen molar-refractivity contribution in [1.82, 2.24) is 0 Å². The highest BCUT2D eigenvalue weighted by atomic mass is 16.6. The van der Waals surface area contributed by atoms with Gasteiger partial charge < -0.3 is 28.8 Å². The number of esters is 4. The Bertz CT molecular complexity index is 1120. The van der Waals surface area contributed by atoms with Gasteiger partial charge in [0, 0.05) is 51.8 Å². The molecule has 1 aliphatic rings. The van der Waals surface area contributed by atoms with Crippen LogP contribution < -0.4 is 23.7 Å². The van der Waals surface area contributed by atoms with E-state index in [1.807, 2.05) is 0 Å². The van der Waals surface area contributed by atoms with Crippen molar-refractivity contribution in [1.29, 1.82) is 0 Å². The molecular formula is C23H22O10. The van der Waals surface area contributed by atoms with Gasteiger partial charge in [0.1, 0.15) is 23.4 Å². The van der Waals surface area contributed by atoms with E-state index in [9.17, 15) is 24.3 Å². The zero-order chi connectivity index (χ0) is 24.3. The molecule has 0 amide bonds. The van der Waals surface area contributed by atoms with Crippen LogP contribution in [0.15, 0.2) is 30.3 Å². The Hall–Kier alpha value is -3.92. The average molecular weight is 458 g/mol. The van der Waals surface area contributed by atoms with E-state index in [0.717, 1.165) is 0 Å². The van der Waals surface area contributed by atoms with E-state index in [-0.39, 0.29) is 35.2 Å². The minimum absolute atomic E-state index is 0.0222. The van der Waals surface area contributed by atoms with Crippen LogP contribution in [0, 0.1) is 0 Å². The van der Waals surface area contributed by atoms with Crippen molar-refractivity contribution in [3.63, 3.8) is 0 Å². The number of hydrogen-bond donors (Lipinski definition) is 1. The Morgan fingerprint density at radius 1 is 0.788 bits per heavy atom. The Kier molecular flexibility index (Phi) is 6.98. The predicted octanol–water partition coefficient (Wildman–Crippen LogP) is 2.42. The van der Waals surface area contributed by atoms with E-state index < -0.39 is 36.1 Å². The second kappa shape index (κ2) is 9.70. The highest BCUT2D eigenvalue weighted by Gasteiger charge is 2.34. The highest BCUT2D eigenvalue weighted by molar-refractivity contribution is 5.74. The topological polar surface area (TPSA) is 135 Å². The van der Waals surface area contributed by atoms with Gasteiger partial charge in [0.25, 0.3) is 0 Å². The van der Waals surface area contributed by atoms with Gasteiger partial charge in [-0.1, -0.05) is 6.07 Å². The van der Waals surface area contributed by atoms with Crippen LogP contribution in [0.5, 0.6) is 28.7 Å². The van der Waals surface area contributed by atoms with Gasteiger partial charge in [-0.25, -0.2) is 0 Å². The largest absolute Gasteiger partial charge is 0.482 e. The van der Waals surface area contributed by atoms with Crippen molar-refractivity contribution in [2.24, 2.45) is 0 Å². The molecule has 0 fully saturated rings. The molecule has 2 aromatic rings. The molecule has 0 saturated heterocycles. The molecule has 1 heterocycles. The average Bonchev–Trinajstić information content (AvgIpc) is 2.68. The van der Waals surface area contributed by atoms with Gasteiger partial charge in [-0.3, -0.25) is 19.2 Å². The molecule has 2 atom stereocenters. The SMILES string of the molecule is CC(=O)Oc1cc(OC(C)=O)c2c(c1)OC(c1ccc(OC(C)=O)c(OC(C)=O)c1)[C@H](O)C2. The molecule has 0 aromatic heterocycles. The molecule has 0 radical (unpaired) electrons. The molecule has 0 spiro atoms. The zero-order valence-corrected chi connectivity index (χ0v) is 18.4. The van der Waals surface area contributed by atoms with Gasteiger partial charge in [0.15, 0.2) is 11.5 Å². The molecular weight excluding hydrogens is 436 g/mol. The molecule has 3 rings (SSSR count). The lowest BCUT2D eigenvalue weighted by Gasteiger charge is -2.32. The number of carbonyl (C=O) groups is 4. The number of aliphatic hydroxyl groups excluding tert-OH is 1. The first-order valence-electron chi connectivity index (χ1n) is 9.92. The van der Waals surface area contributed by atoms with Crippen LogP contribution in [-0.4, -0.2) is 35.1 Å². The smallest absolute Gasteiger partial charge is 0.308 e. The van der Waals surface area contributed by atoms with Gasteiger partial charge in [-0.15, -0.1) is 0 Å². The van der Waals surface area contributed by atoms with Crippen molar-refractivity contribution in [2.75, 3.05) is 0 Å². The number of benzene rings is 2. The van der Waals surface area contributed by atoms with Gasteiger partial charge >= 0.3 is 23.9 Å². The van der Waals surface area contributed by atoms with Crippen molar-refractivity contribution in [2.45, 2.75) is 46.3 Å². The Labute approximate surface area is 189 Å². The van der Waals surface area contributed by atoms with Crippen molar-refractivity contribution >= 4 is 23.9 Å². The van der Waals surface area contributed by atoms with Gasteiger partial charge in [0.2, 0.25) is 0 Å². The zero-order valence-electron chi connectivity index (χ0n) is 18.4. The molecule has 2 aromatic carbocycles. The second-order valence-electron chi connectivity index (χ2n) is 7.29. The lowest BCUT2D eigenvalue weighted by atomic mass is 9.93. The van der Waals surface area contributed by atoms with Gasteiger partial charge in [-0.05, 0) is 17.7 Å². The van der Waals surface area contributed by atoms with Crippen LogP contribution in [-0.2, 0) is 25.6 Å². The number of fused-ring (bicyclic) bond motifs is 1. The predicted molar refractivity (Wildman–Crippen MR) is 111 cm³/mol. The summed E-state index contributed by atoms with van der Waals surface area (Å²) in [6, 6.07) is 7.20. The lowest BCUT2D eigenvalue weighted by Crippen LogP contribution is -2.31. The van der Waals surface area contributed by atoms with Crippen LogP contribution in [0.1, 0.15) is 44.9 Å². The molecule has 33 heavy (non-hydrogen) atoms. The maximum absolute atomic E-state index is 11.5. The van der Waals surface area contributed by atoms with E-state index in [2.05, 4.69) is 0 Å². The first kappa shape index (κ1) is 23.7.